The molecule has 11 nitrogen and oxygen atoms in total. The first-order chi connectivity index (χ1) is 24.0. The molecule has 272 valence electrons. The molecule has 0 aliphatic carbocycles. The molecule has 1 aliphatic rings. The lowest BCUT2D eigenvalue weighted by Crippen LogP contribution is -2.57. The molecule has 3 aromatic rings. The van der Waals surface area contributed by atoms with Crippen molar-refractivity contribution in [3.05, 3.63) is 96.1 Å². The van der Waals surface area contributed by atoms with Gasteiger partial charge in [0.15, 0.2) is 0 Å². The summed E-state index contributed by atoms with van der Waals surface area (Å²) in [6, 6.07) is 23.8. The van der Waals surface area contributed by atoms with Crippen LogP contribution in [-0.4, -0.2) is 82.2 Å². The minimum atomic E-state index is -3.81. The van der Waals surface area contributed by atoms with E-state index in [9.17, 15) is 18.0 Å². The Bertz CT molecular complexity index is 1550. The molecule has 2 amide bonds. The van der Waals surface area contributed by atoms with Crippen LogP contribution in [0.25, 0.3) is 0 Å². The number of sulfonamides is 1. The van der Waals surface area contributed by atoms with Gasteiger partial charge in [0, 0.05) is 49.9 Å². The topological polar surface area (TPSA) is 155 Å². The Morgan fingerprint density at radius 3 is 2.10 bits per heavy atom. The lowest BCUT2D eigenvalue weighted by molar-refractivity contribution is -0.124. The number of unbranched alkanes of at least 4 members (excludes halogenated alkanes) is 1. The predicted octanol–water partition coefficient (Wildman–Crippen LogP) is 4.47. The Balaban J connectivity index is 1.57. The molecule has 1 saturated heterocycles. The van der Waals surface area contributed by atoms with Crippen LogP contribution < -0.4 is 27.0 Å². The number of hydrogen-bond donors (Lipinski definition) is 5. The molecule has 6 N–H and O–H groups in total. The second-order valence-corrected chi connectivity index (χ2v) is 15.3. The number of carbonyl (C=O) groups excluding carboxylic acids is 2. The molecule has 0 spiro atoms. The average Bonchev–Trinajstić information content (AvgIpc) is 3.57. The number of benzene rings is 3. The fourth-order valence-electron chi connectivity index (χ4n) is 6.45. The molecule has 3 aromatic carbocycles. The van der Waals surface area contributed by atoms with Crippen molar-refractivity contribution in [2.75, 3.05) is 39.0 Å². The molecule has 0 aromatic heterocycles. The molecular formula is C38H54N6O5S. The quantitative estimate of drug-likeness (QED) is 0.122. The number of hydrogen-bond acceptors (Lipinski definition) is 8. The van der Waals surface area contributed by atoms with Gasteiger partial charge in [0.05, 0.1) is 18.0 Å². The van der Waals surface area contributed by atoms with E-state index in [4.69, 9.17) is 10.5 Å². The number of methoxy groups -OCH3 is 1. The van der Waals surface area contributed by atoms with Gasteiger partial charge in [0.25, 0.3) is 0 Å². The Kier molecular flexibility index (Phi) is 14.6. The second kappa shape index (κ2) is 18.9. The first-order valence-electron chi connectivity index (χ1n) is 17.6. The fraction of sp³-hybridized carbons (Fsp3) is 0.474. The smallest absolute Gasteiger partial charge is 0.407 e. The zero-order valence-corrected chi connectivity index (χ0v) is 30.5. The second-order valence-electron chi connectivity index (χ2n) is 13.4. The van der Waals surface area contributed by atoms with Crippen LogP contribution >= 0.6 is 0 Å². The van der Waals surface area contributed by atoms with Crippen molar-refractivity contribution in [3.8, 4) is 0 Å². The Morgan fingerprint density at radius 1 is 0.920 bits per heavy atom. The van der Waals surface area contributed by atoms with Gasteiger partial charge >= 0.3 is 6.09 Å². The molecule has 1 unspecified atom stereocenters. The molecule has 4 atom stereocenters. The molecule has 1 fully saturated rings. The van der Waals surface area contributed by atoms with E-state index in [1.807, 2.05) is 60.7 Å². The van der Waals surface area contributed by atoms with Gasteiger partial charge in [-0.1, -0.05) is 94.3 Å². The van der Waals surface area contributed by atoms with E-state index in [1.54, 1.807) is 28.6 Å². The van der Waals surface area contributed by atoms with Crippen LogP contribution in [0.1, 0.15) is 63.5 Å². The number of alkyl carbamates (subject to hydrolysis) is 1. The van der Waals surface area contributed by atoms with Gasteiger partial charge in [-0.15, -0.1) is 0 Å². The summed E-state index contributed by atoms with van der Waals surface area (Å²) in [7, 11) is -2.53. The van der Waals surface area contributed by atoms with Gasteiger partial charge < -0.3 is 31.7 Å². The maximum atomic E-state index is 14.3. The number of nitrogens with one attached hydrogen (secondary N) is 4. The zero-order valence-electron chi connectivity index (χ0n) is 29.7. The molecule has 0 radical (unpaired) electrons. The maximum Gasteiger partial charge on any atom is 0.407 e. The summed E-state index contributed by atoms with van der Waals surface area (Å²) in [5.74, 6) is -0.495. The van der Waals surface area contributed by atoms with Crippen molar-refractivity contribution in [1.82, 2.24) is 25.6 Å². The lowest BCUT2D eigenvalue weighted by atomic mass is 9.84. The number of carbonyl (C=O) groups is 2. The van der Waals surface area contributed by atoms with Crippen LogP contribution in [0.3, 0.4) is 0 Å². The number of anilines is 1. The van der Waals surface area contributed by atoms with Crippen LogP contribution in [0.2, 0.25) is 0 Å². The van der Waals surface area contributed by atoms with Crippen molar-refractivity contribution < 1.29 is 22.7 Å². The highest BCUT2D eigenvalue weighted by Gasteiger charge is 2.39. The molecule has 0 saturated carbocycles. The van der Waals surface area contributed by atoms with Crippen LogP contribution in [0.4, 0.5) is 10.5 Å². The summed E-state index contributed by atoms with van der Waals surface area (Å²) >= 11 is 0. The number of rotatable bonds is 18. The van der Waals surface area contributed by atoms with E-state index < -0.39 is 28.1 Å². The third-order valence-electron chi connectivity index (χ3n) is 9.24. The van der Waals surface area contributed by atoms with Crippen LogP contribution in [0, 0.1) is 5.92 Å². The molecule has 50 heavy (non-hydrogen) atoms. The summed E-state index contributed by atoms with van der Waals surface area (Å²) in [6.45, 7) is 8.13. The summed E-state index contributed by atoms with van der Waals surface area (Å²) in [5.41, 5.74) is 8.12. The van der Waals surface area contributed by atoms with Gasteiger partial charge in [-0.3, -0.25) is 4.79 Å². The molecule has 4 rings (SSSR count). The first kappa shape index (κ1) is 38.8. The summed E-state index contributed by atoms with van der Waals surface area (Å²) in [6.07, 6.45) is 2.52. The maximum absolute atomic E-state index is 14.3. The number of amides is 2. The fourth-order valence-corrected chi connectivity index (χ4v) is 8.12. The SMILES string of the molecule is CCCCC(CN[C@@H]1CNC[C@H]1N(CCC(C)C)S(=O)(=O)c1ccc(N)cc1)NC(=O)[C@@H](NC(=O)OC)C(c1ccccc1)c1ccccc1. The average molecular weight is 707 g/mol. The largest absolute Gasteiger partial charge is 0.453 e. The van der Waals surface area contributed by atoms with E-state index in [-0.39, 0.29) is 28.9 Å². The van der Waals surface area contributed by atoms with Gasteiger partial charge in [0.1, 0.15) is 6.04 Å². The van der Waals surface area contributed by atoms with Crippen LogP contribution in [0.5, 0.6) is 0 Å². The van der Waals surface area contributed by atoms with Crippen molar-refractivity contribution in [1.29, 1.82) is 0 Å². The van der Waals surface area contributed by atoms with E-state index >= 15 is 0 Å². The zero-order chi connectivity index (χ0) is 36.1. The van der Waals surface area contributed by atoms with Crippen LogP contribution in [-0.2, 0) is 19.6 Å². The molecule has 1 heterocycles. The van der Waals surface area contributed by atoms with Crippen molar-refractivity contribution in [2.45, 2.75) is 81.4 Å². The third-order valence-corrected chi connectivity index (χ3v) is 11.2. The minimum Gasteiger partial charge on any atom is -0.453 e. The van der Waals surface area contributed by atoms with E-state index in [2.05, 4.69) is 42.0 Å². The third kappa shape index (κ3) is 10.5. The Hall–Kier alpha value is -3.97. The monoisotopic (exact) mass is 706 g/mol. The van der Waals surface area contributed by atoms with Crippen molar-refractivity contribution >= 4 is 27.7 Å². The Morgan fingerprint density at radius 2 is 1.54 bits per heavy atom. The summed E-state index contributed by atoms with van der Waals surface area (Å²) in [5, 5.41) is 13.1. The molecule has 12 heteroatoms. The summed E-state index contributed by atoms with van der Waals surface area (Å²) in [4.78, 5) is 27.1. The normalized spacial score (nSPS) is 17.5. The first-order valence-corrected chi connectivity index (χ1v) is 19.0. The number of nitrogens with two attached hydrogens (primary N) is 1. The highest BCUT2D eigenvalue weighted by atomic mass is 32.2. The minimum absolute atomic E-state index is 0.197. The van der Waals surface area contributed by atoms with Gasteiger partial charge in [0.2, 0.25) is 15.9 Å². The lowest BCUT2D eigenvalue weighted by Gasteiger charge is -2.34. The van der Waals surface area contributed by atoms with Gasteiger partial charge in [-0.05, 0) is 54.2 Å². The molecule has 1 aliphatic heterocycles. The number of nitrogen functional groups attached to an aromatic ring is 1. The van der Waals surface area contributed by atoms with Crippen LogP contribution in [0.15, 0.2) is 89.8 Å². The van der Waals surface area contributed by atoms with E-state index in [0.717, 1.165) is 24.0 Å². The molecular weight excluding hydrogens is 653 g/mol. The van der Waals surface area contributed by atoms with E-state index in [1.165, 1.54) is 7.11 Å². The highest BCUT2D eigenvalue weighted by Crippen LogP contribution is 2.29. The van der Waals surface area contributed by atoms with Crippen molar-refractivity contribution in [3.63, 3.8) is 0 Å². The number of ether oxygens (including phenoxy) is 1. The molecule has 0 bridgehead atoms. The standard InChI is InChI=1S/C38H54N6O5S/c1-5-6-17-31(42-37(45)36(43-38(46)49-4)35(28-13-9-7-10-14-28)29-15-11-8-12-16-29)24-41-33-25-40-26-34(33)44(23-22-27(2)3)50(47,48)32-20-18-30(39)19-21-32/h7-16,18-21,27,31,33-36,40-41H,5-6,17,22-26,39H2,1-4H3,(H,42,45)(H,43,46)/t31?,33-,34-,36+/m1/s1. The highest BCUT2D eigenvalue weighted by molar-refractivity contribution is 7.89. The van der Waals surface area contributed by atoms with Gasteiger partial charge in [-0.25, -0.2) is 13.2 Å². The summed E-state index contributed by atoms with van der Waals surface area (Å²) < 4.78 is 34.6. The van der Waals surface area contributed by atoms with Gasteiger partial charge in [-0.2, -0.15) is 4.31 Å². The number of nitrogens with zero attached hydrogens (tertiary/aromatic N) is 1. The van der Waals surface area contributed by atoms with Crippen molar-refractivity contribution in [2.24, 2.45) is 5.92 Å². The van der Waals surface area contributed by atoms with E-state index in [0.29, 0.717) is 50.6 Å². The Labute approximate surface area is 297 Å². The predicted molar refractivity (Wildman–Crippen MR) is 198 cm³/mol.